The van der Waals surface area contributed by atoms with Crippen LogP contribution < -0.4 is 5.32 Å². The largest absolute Gasteiger partial charge is 0.378 e. The highest BCUT2D eigenvalue weighted by molar-refractivity contribution is 5.10. The Morgan fingerprint density at radius 1 is 1.26 bits per heavy atom. The van der Waals surface area contributed by atoms with E-state index in [1.165, 1.54) is 5.56 Å². The van der Waals surface area contributed by atoms with E-state index in [0.717, 1.165) is 26.0 Å². The summed E-state index contributed by atoms with van der Waals surface area (Å²) in [6, 6.07) is 4.04. The average Bonchev–Trinajstić information content (AvgIpc) is 2.96. The lowest BCUT2D eigenvalue weighted by atomic mass is 10.1. The van der Waals surface area contributed by atoms with E-state index in [0.29, 0.717) is 18.3 Å². The first kappa shape index (κ1) is 12.3. The first-order valence-electron chi connectivity index (χ1n) is 6.44. The third kappa shape index (κ3) is 3.15. The first-order chi connectivity index (χ1) is 9.42. The Morgan fingerprint density at radius 2 is 2.16 bits per heavy atom. The predicted octanol–water partition coefficient (Wildman–Crippen LogP) is 0.911. The molecule has 0 amide bonds. The van der Waals surface area contributed by atoms with Gasteiger partial charge in [0.05, 0.1) is 19.3 Å². The molecule has 1 aliphatic rings. The fraction of sp³-hybridized carbons (Fsp3) is 0.462. The Bertz CT molecular complexity index is 508. The van der Waals surface area contributed by atoms with Gasteiger partial charge in [-0.25, -0.2) is 0 Å². The lowest BCUT2D eigenvalue weighted by molar-refractivity contribution is 0.0734. The second-order valence-electron chi connectivity index (χ2n) is 4.48. The van der Waals surface area contributed by atoms with Crippen LogP contribution in [0.4, 0.5) is 0 Å². The van der Waals surface area contributed by atoms with Crippen molar-refractivity contribution in [3.05, 3.63) is 41.8 Å². The number of aromatic nitrogens is 3. The Morgan fingerprint density at radius 3 is 2.95 bits per heavy atom. The molecule has 0 bridgehead atoms. The monoisotopic (exact) mass is 260 g/mol. The summed E-state index contributed by atoms with van der Waals surface area (Å²) in [5.41, 5.74) is 1.22. The molecule has 1 atom stereocenters. The summed E-state index contributed by atoms with van der Waals surface area (Å²) in [4.78, 5) is 8.41. The number of nitrogens with zero attached hydrogens (tertiary/aromatic N) is 3. The highest BCUT2D eigenvalue weighted by atomic mass is 16.5. The van der Waals surface area contributed by atoms with Gasteiger partial charge < -0.3 is 14.6 Å². The van der Waals surface area contributed by atoms with Crippen molar-refractivity contribution in [1.82, 2.24) is 20.4 Å². The van der Waals surface area contributed by atoms with E-state index in [2.05, 4.69) is 20.4 Å². The molecule has 1 N–H and O–H groups in total. The molecule has 3 rings (SSSR count). The number of hydrogen-bond acceptors (Lipinski definition) is 6. The predicted molar refractivity (Wildman–Crippen MR) is 67.5 cm³/mol. The molecule has 0 spiro atoms. The van der Waals surface area contributed by atoms with Crippen LogP contribution in [0.15, 0.2) is 29.0 Å². The summed E-state index contributed by atoms with van der Waals surface area (Å²) in [7, 11) is 0. The second-order valence-corrected chi connectivity index (χ2v) is 4.48. The van der Waals surface area contributed by atoms with E-state index in [9.17, 15) is 0 Å². The van der Waals surface area contributed by atoms with Crippen LogP contribution in [0.2, 0.25) is 0 Å². The summed E-state index contributed by atoms with van der Waals surface area (Å²) in [6.07, 6.45) is 5.19. The number of pyridine rings is 1. The molecule has 3 heterocycles. The summed E-state index contributed by atoms with van der Waals surface area (Å²) in [5, 5.41) is 7.32. The van der Waals surface area contributed by atoms with Gasteiger partial charge in [0, 0.05) is 25.4 Å². The summed E-state index contributed by atoms with van der Waals surface area (Å²) >= 11 is 0. The summed E-state index contributed by atoms with van der Waals surface area (Å²) in [5.74, 6) is 1.35. The molecule has 19 heavy (non-hydrogen) atoms. The molecule has 0 aromatic carbocycles. The van der Waals surface area contributed by atoms with Crippen molar-refractivity contribution in [3.8, 4) is 0 Å². The van der Waals surface area contributed by atoms with Gasteiger partial charge in [-0.05, 0) is 24.1 Å². The molecule has 0 radical (unpaired) electrons. The minimum absolute atomic E-state index is 0.0483. The number of nitrogens with one attached hydrogen (secondary N) is 1. The minimum Gasteiger partial charge on any atom is -0.378 e. The molecule has 1 aliphatic heterocycles. The normalized spacial score (nSPS) is 19.5. The number of aryl methyl sites for hydroxylation is 2. The van der Waals surface area contributed by atoms with Crippen LogP contribution in [-0.4, -0.2) is 34.9 Å². The topological polar surface area (TPSA) is 73.1 Å². The number of morpholine rings is 1. The van der Waals surface area contributed by atoms with Crippen molar-refractivity contribution in [2.45, 2.75) is 18.9 Å². The molecule has 2 aromatic rings. The fourth-order valence-electron chi connectivity index (χ4n) is 2.04. The van der Waals surface area contributed by atoms with Crippen molar-refractivity contribution >= 4 is 0 Å². The highest BCUT2D eigenvalue weighted by Crippen LogP contribution is 2.13. The lowest BCUT2D eigenvalue weighted by Gasteiger charge is -2.20. The third-order valence-corrected chi connectivity index (χ3v) is 3.09. The van der Waals surface area contributed by atoms with Crippen molar-refractivity contribution < 1.29 is 9.26 Å². The molecular formula is C13H16N4O2. The van der Waals surface area contributed by atoms with E-state index >= 15 is 0 Å². The van der Waals surface area contributed by atoms with E-state index in [1.54, 1.807) is 12.4 Å². The zero-order valence-electron chi connectivity index (χ0n) is 10.6. The van der Waals surface area contributed by atoms with Crippen LogP contribution in [0, 0.1) is 0 Å². The third-order valence-electron chi connectivity index (χ3n) is 3.09. The van der Waals surface area contributed by atoms with Gasteiger partial charge in [-0.15, -0.1) is 0 Å². The molecule has 0 saturated carbocycles. The van der Waals surface area contributed by atoms with Crippen molar-refractivity contribution in [2.24, 2.45) is 0 Å². The quantitative estimate of drug-likeness (QED) is 0.881. The van der Waals surface area contributed by atoms with Crippen LogP contribution in [0.3, 0.4) is 0 Å². The molecule has 1 unspecified atom stereocenters. The maximum Gasteiger partial charge on any atom is 0.227 e. The van der Waals surface area contributed by atoms with Gasteiger partial charge >= 0.3 is 0 Å². The molecular weight excluding hydrogens is 244 g/mol. The Balaban J connectivity index is 1.58. The van der Waals surface area contributed by atoms with Gasteiger partial charge in [-0.1, -0.05) is 5.16 Å². The molecule has 1 saturated heterocycles. The number of rotatable bonds is 4. The zero-order chi connectivity index (χ0) is 12.9. The summed E-state index contributed by atoms with van der Waals surface area (Å²) < 4.78 is 10.7. The van der Waals surface area contributed by atoms with Crippen molar-refractivity contribution in [1.29, 1.82) is 0 Å². The fourth-order valence-corrected chi connectivity index (χ4v) is 2.04. The van der Waals surface area contributed by atoms with Crippen LogP contribution in [0.25, 0.3) is 0 Å². The second kappa shape index (κ2) is 5.90. The lowest BCUT2D eigenvalue weighted by Crippen LogP contribution is -2.35. The van der Waals surface area contributed by atoms with Crippen LogP contribution in [0.1, 0.15) is 23.3 Å². The molecule has 1 fully saturated rings. The Labute approximate surface area is 111 Å². The Kier molecular flexibility index (Phi) is 3.81. The van der Waals surface area contributed by atoms with Crippen LogP contribution in [0.5, 0.6) is 0 Å². The van der Waals surface area contributed by atoms with Gasteiger partial charge in [0.25, 0.3) is 0 Å². The smallest absolute Gasteiger partial charge is 0.227 e. The Hall–Kier alpha value is -1.79. The van der Waals surface area contributed by atoms with E-state index in [-0.39, 0.29) is 6.04 Å². The molecule has 2 aromatic heterocycles. The van der Waals surface area contributed by atoms with E-state index in [1.807, 2.05) is 12.1 Å². The zero-order valence-corrected chi connectivity index (χ0v) is 10.6. The minimum atomic E-state index is 0.0483. The van der Waals surface area contributed by atoms with Crippen LogP contribution in [-0.2, 0) is 17.6 Å². The SMILES string of the molecule is c1cc(CCc2nc(C3COCCN3)no2)ccn1. The first-order valence-corrected chi connectivity index (χ1v) is 6.44. The highest BCUT2D eigenvalue weighted by Gasteiger charge is 2.20. The van der Waals surface area contributed by atoms with Gasteiger partial charge in [0.1, 0.15) is 0 Å². The molecule has 0 aliphatic carbocycles. The number of ether oxygens (including phenoxy) is 1. The van der Waals surface area contributed by atoms with Crippen molar-refractivity contribution in [2.75, 3.05) is 19.8 Å². The maximum absolute atomic E-state index is 5.38. The van der Waals surface area contributed by atoms with Gasteiger partial charge in [-0.3, -0.25) is 4.98 Å². The van der Waals surface area contributed by atoms with E-state index in [4.69, 9.17) is 9.26 Å². The molecule has 6 heteroatoms. The van der Waals surface area contributed by atoms with Gasteiger partial charge in [-0.2, -0.15) is 4.98 Å². The molecule has 100 valence electrons. The molecule has 6 nitrogen and oxygen atoms in total. The van der Waals surface area contributed by atoms with E-state index < -0.39 is 0 Å². The standard InChI is InChI=1S/C13H16N4O2/c1(10-3-5-14-6-4-10)2-12-16-13(17-19-12)11-9-18-8-7-15-11/h3-6,11,15H,1-2,7-9H2. The summed E-state index contributed by atoms with van der Waals surface area (Å²) in [6.45, 7) is 2.16. The maximum atomic E-state index is 5.38. The van der Waals surface area contributed by atoms with Crippen LogP contribution >= 0.6 is 0 Å². The van der Waals surface area contributed by atoms with Gasteiger partial charge in [0.15, 0.2) is 5.82 Å². The average molecular weight is 260 g/mol. The van der Waals surface area contributed by atoms with Crippen molar-refractivity contribution in [3.63, 3.8) is 0 Å². The number of hydrogen-bond donors (Lipinski definition) is 1. The van der Waals surface area contributed by atoms with Gasteiger partial charge in [0.2, 0.25) is 5.89 Å².